The molecule has 4 aliphatic rings. The molecular weight excluding hydrogens is 592 g/mol. The number of anilines is 1. The number of nitrogens with zero attached hydrogens (tertiary/aromatic N) is 3. The van der Waals surface area contributed by atoms with Crippen molar-refractivity contribution in [3.8, 4) is 0 Å². The molecule has 4 atom stereocenters. The van der Waals surface area contributed by atoms with Gasteiger partial charge in [0.2, 0.25) is 17.7 Å². The Morgan fingerprint density at radius 1 is 0.979 bits per heavy atom. The first-order chi connectivity index (χ1) is 22.6. The minimum atomic E-state index is -0.931. The summed E-state index contributed by atoms with van der Waals surface area (Å²) >= 11 is 0. The van der Waals surface area contributed by atoms with E-state index in [1.54, 1.807) is 24.2 Å². The first-order valence-corrected chi connectivity index (χ1v) is 16.9. The van der Waals surface area contributed by atoms with E-state index in [1.165, 1.54) is 23.6 Å². The van der Waals surface area contributed by atoms with E-state index in [-0.39, 0.29) is 47.5 Å². The van der Waals surface area contributed by atoms with Gasteiger partial charge in [-0.15, -0.1) is 0 Å². The van der Waals surface area contributed by atoms with Crippen molar-refractivity contribution in [3.05, 3.63) is 83.2 Å². The first kappa shape index (κ1) is 31.1. The maximum absolute atomic E-state index is 14.4. The summed E-state index contributed by atoms with van der Waals surface area (Å²) in [4.78, 5) is 56.2. The molecule has 10 nitrogen and oxygen atoms in total. The zero-order valence-corrected chi connectivity index (χ0v) is 27.4. The second-order valence-electron chi connectivity index (χ2n) is 14.3. The number of carbonyl (C=O) groups is 4. The molecule has 1 saturated heterocycles. The summed E-state index contributed by atoms with van der Waals surface area (Å²) in [6.07, 6.45) is 8.36. The Kier molecular flexibility index (Phi) is 7.92. The summed E-state index contributed by atoms with van der Waals surface area (Å²) in [5.74, 6) is -0.508. The van der Waals surface area contributed by atoms with Crippen LogP contribution in [0.3, 0.4) is 0 Å². The van der Waals surface area contributed by atoms with Gasteiger partial charge in [-0.25, -0.2) is 0 Å². The summed E-state index contributed by atoms with van der Waals surface area (Å²) in [7, 11) is 1.71. The molecule has 4 amide bonds. The van der Waals surface area contributed by atoms with E-state index in [9.17, 15) is 19.2 Å². The lowest BCUT2D eigenvalue weighted by Gasteiger charge is -2.36. The normalized spacial score (nSPS) is 23.8. The van der Waals surface area contributed by atoms with Crippen LogP contribution in [0.2, 0.25) is 0 Å². The van der Waals surface area contributed by atoms with Crippen molar-refractivity contribution in [3.63, 3.8) is 0 Å². The average molecular weight is 637 g/mol. The van der Waals surface area contributed by atoms with E-state index in [4.69, 9.17) is 0 Å². The van der Waals surface area contributed by atoms with Crippen molar-refractivity contribution in [1.29, 1.82) is 0 Å². The Balaban J connectivity index is 1.19. The highest BCUT2D eigenvalue weighted by atomic mass is 16.2. The van der Waals surface area contributed by atoms with E-state index in [0.717, 1.165) is 43.2 Å². The predicted molar refractivity (Wildman–Crippen MR) is 178 cm³/mol. The van der Waals surface area contributed by atoms with Crippen LogP contribution in [0.4, 0.5) is 5.69 Å². The largest absolute Gasteiger partial charge is 0.353 e. The Morgan fingerprint density at radius 3 is 2.43 bits per heavy atom. The topological polar surface area (TPSA) is 125 Å². The van der Waals surface area contributed by atoms with Crippen LogP contribution in [0.25, 0.3) is 0 Å². The fourth-order valence-electron chi connectivity index (χ4n) is 8.26. The summed E-state index contributed by atoms with van der Waals surface area (Å²) in [5, 5.41) is 13.7. The highest BCUT2D eigenvalue weighted by Crippen LogP contribution is 2.64. The molecule has 2 aromatic carbocycles. The molecule has 3 aliphatic carbocycles. The Morgan fingerprint density at radius 2 is 1.77 bits per heavy atom. The molecule has 10 heteroatoms. The lowest BCUT2D eigenvalue weighted by atomic mass is 9.76. The molecular formula is C37H44N6O4. The number of nitrogens with one attached hydrogen (secondary N) is 3. The van der Waals surface area contributed by atoms with E-state index >= 15 is 0 Å². The average Bonchev–Trinajstić information content (AvgIpc) is 3.33. The zero-order valence-electron chi connectivity index (χ0n) is 27.4. The molecule has 2 unspecified atom stereocenters. The molecule has 3 aromatic rings. The Bertz CT molecular complexity index is 1720. The van der Waals surface area contributed by atoms with Gasteiger partial charge >= 0.3 is 0 Å². The van der Waals surface area contributed by atoms with Gasteiger partial charge in [0, 0.05) is 50.9 Å². The molecule has 1 aliphatic heterocycles. The second kappa shape index (κ2) is 12.0. The number of aromatic nitrogens is 2. The molecule has 1 spiro atoms. The van der Waals surface area contributed by atoms with Gasteiger partial charge in [0.25, 0.3) is 5.91 Å². The maximum Gasteiger partial charge on any atom is 0.270 e. The van der Waals surface area contributed by atoms with Gasteiger partial charge in [0.1, 0.15) is 11.7 Å². The summed E-state index contributed by atoms with van der Waals surface area (Å²) < 4.78 is 1.51. The van der Waals surface area contributed by atoms with Crippen LogP contribution in [0.5, 0.6) is 0 Å². The molecule has 0 radical (unpaired) electrons. The molecule has 7 rings (SSSR count). The Labute approximate surface area is 275 Å². The van der Waals surface area contributed by atoms with E-state index in [0.29, 0.717) is 30.3 Å². The van der Waals surface area contributed by atoms with Gasteiger partial charge in [-0.1, -0.05) is 42.8 Å². The predicted octanol–water partition coefficient (Wildman–Crippen LogP) is 4.07. The van der Waals surface area contributed by atoms with Crippen LogP contribution in [-0.4, -0.2) is 63.5 Å². The van der Waals surface area contributed by atoms with E-state index in [2.05, 4.69) is 40.1 Å². The number of amides is 4. The number of rotatable bonds is 9. The number of fused-ring (bicyclic) bond motifs is 1. The highest BCUT2D eigenvalue weighted by Gasteiger charge is 2.58. The smallest absolute Gasteiger partial charge is 0.270 e. The quantitative estimate of drug-likeness (QED) is 0.327. The third-order valence-electron chi connectivity index (χ3n) is 11.5. The van der Waals surface area contributed by atoms with Gasteiger partial charge in [0.05, 0.1) is 5.41 Å². The van der Waals surface area contributed by atoms with E-state index in [1.807, 2.05) is 36.4 Å². The Hall–Kier alpha value is -4.47. The fourth-order valence-corrected chi connectivity index (χ4v) is 8.26. The van der Waals surface area contributed by atoms with Gasteiger partial charge in [-0.05, 0) is 91.7 Å². The molecule has 47 heavy (non-hydrogen) atoms. The number of hydrogen-bond donors (Lipinski definition) is 3. The second-order valence-corrected chi connectivity index (χ2v) is 14.3. The molecule has 3 fully saturated rings. The van der Waals surface area contributed by atoms with Crippen molar-refractivity contribution in [2.45, 2.75) is 82.2 Å². The molecule has 2 saturated carbocycles. The van der Waals surface area contributed by atoms with Crippen molar-refractivity contribution < 1.29 is 19.2 Å². The van der Waals surface area contributed by atoms with Crippen LogP contribution in [0, 0.1) is 11.3 Å². The molecule has 2 heterocycles. The van der Waals surface area contributed by atoms with Gasteiger partial charge < -0.3 is 20.9 Å². The molecule has 246 valence electrons. The summed E-state index contributed by atoms with van der Waals surface area (Å²) in [6, 6.07) is 16.5. The van der Waals surface area contributed by atoms with Crippen LogP contribution in [0.1, 0.15) is 85.5 Å². The van der Waals surface area contributed by atoms with E-state index < -0.39 is 11.5 Å². The van der Waals surface area contributed by atoms with Gasteiger partial charge in [-0.2, -0.15) is 5.10 Å². The third-order valence-corrected chi connectivity index (χ3v) is 11.5. The van der Waals surface area contributed by atoms with Crippen molar-refractivity contribution in [2.24, 2.45) is 18.4 Å². The van der Waals surface area contributed by atoms with Gasteiger partial charge in [0.15, 0.2) is 0 Å². The summed E-state index contributed by atoms with van der Waals surface area (Å²) in [5.41, 5.74) is 3.02. The number of carbonyl (C=O) groups excluding carboxylic acids is 4. The van der Waals surface area contributed by atoms with Crippen LogP contribution < -0.4 is 16.0 Å². The number of hydrogen-bond acceptors (Lipinski definition) is 5. The highest BCUT2D eigenvalue weighted by molar-refractivity contribution is 6.01. The standard InChI is InChI=1S/C37H44N6O4/c1-23(25-9-6-10-25)39-35(47)37(17-19-43(22-37)24(2)44)27-11-7-12-28(20-27)40-34(46)32(41-33(45)30-14-18-38-42(30)3)31-29-13-5-4-8-26(29)21-36(31)15-16-36/h4-5,7-8,11-14,18,20,23,25,31-32H,6,9-10,15-17,19,21-22H2,1-3H3,(H,39,47)(H,40,46)(H,41,45)/t23-,31?,32-,37?/m0/s1. The van der Waals surface area contributed by atoms with Crippen molar-refractivity contribution in [1.82, 2.24) is 25.3 Å². The lowest BCUT2D eigenvalue weighted by molar-refractivity contribution is -0.130. The SMILES string of the molecule is CC(=O)N1CCC(C(=O)N[C@@H](C)C2CCC2)(c2cccc(NC(=O)[C@@H](NC(=O)c3ccnn3C)C3c4ccccc4CC34CC4)c2)C1. The first-order valence-electron chi connectivity index (χ1n) is 16.9. The third kappa shape index (κ3) is 5.61. The van der Waals surface area contributed by atoms with Crippen molar-refractivity contribution >= 4 is 29.3 Å². The fraction of sp³-hybridized carbons (Fsp3) is 0.486. The minimum absolute atomic E-state index is 0.0511. The lowest BCUT2D eigenvalue weighted by Crippen LogP contribution is -2.52. The number of benzene rings is 2. The zero-order chi connectivity index (χ0) is 32.9. The number of likely N-dealkylation sites (tertiary alicyclic amines) is 1. The molecule has 3 N–H and O–H groups in total. The number of aryl methyl sites for hydroxylation is 1. The summed E-state index contributed by atoms with van der Waals surface area (Å²) in [6.45, 7) is 4.38. The monoisotopic (exact) mass is 636 g/mol. The van der Waals surface area contributed by atoms with Crippen LogP contribution >= 0.6 is 0 Å². The molecule has 0 bridgehead atoms. The molecule has 1 aromatic heterocycles. The minimum Gasteiger partial charge on any atom is -0.353 e. The van der Waals surface area contributed by atoms with Gasteiger partial charge in [-0.3, -0.25) is 23.9 Å². The van der Waals surface area contributed by atoms with Crippen molar-refractivity contribution in [2.75, 3.05) is 18.4 Å². The van der Waals surface area contributed by atoms with Crippen LogP contribution in [-0.2, 0) is 33.3 Å². The maximum atomic E-state index is 14.4. The van der Waals surface area contributed by atoms with Crippen LogP contribution in [0.15, 0.2) is 60.8 Å².